The summed E-state index contributed by atoms with van der Waals surface area (Å²) in [4.78, 5) is 29.5. The van der Waals surface area contributed by atoms with Crippen LogP contribution in [-0.2, 0) is 13.6 Å². The van der Waals surface area contributed by atoms with Crippen molar-refractivity contribution in [1.82, 2.24) is 14.1 Å². The Kier molecular flexibility index (Phi) is 5.15. The number of hydrogen-bond donors (Lipinski definition) is 0. The summed E-state index contributed by atoms with van der Waals surface area (Å²) in [5.74, 6) is 0.340. The average Bonchev–Trinajstić information content (AvgIpc) is 3.16. The molecule has 0 radical (unpaired) electrons. The number of thioether (sulfide) groups is 1. The highest BCUT2D eigenvalue weighted by Gasteiger charge is 2.17. The maximum absolute atomic E-state index is 12.7. The summed E-state index contributed by atoms with van der Waals surface area (Å²) < 4.78 is 4.36. The molecule has 3 aromatic rings. The molecule has 0 bridgehead atoms. The van der Waals surface area contributed by atoms with Crippen LogP contribution in [-0.4, -0.2) is 25.7 Å². The van der Waals surface area contributed by atoms with E-state index in [4.69, 9.17) is 0 Å². The van der Waals surface area contributed by atoms with E-state index in [1.807, 2.05) is 31.4 Å². The van der Waals surface area contributed by atoms with Gasteiger partial charge in [0, 0.05) is 30.5 Å². The van der Waals surface area contributed by atoms with Gasteiger partial charge in [0.15, 0.2) is 10.9 Å². The number of Topliss-reactive ketones (excluding diaryl/α,β-unsaturated/α-hetero) is 1. The molecule has 3 rings (SSSR count). The number of nitrogens with zero attached hydrogens (tertiary/aromatic N) is 3. The molecule has 0 fully saturated rings. The molecule has 0 saturated heterocycles. The predicted molar refractivity (Wildman–Crippen MR) is 104 cm³/mol. The number of carbonyl (C=O) groups is 1. The minimum Gasteiger partial charge on any atom is -0.348 e. The van der Waals surface area contributed by atoms with E-state index in [1.54, 1.807) is 7.05 Å². The van der Waals surface area contributed by atoms with Crippen molar-refractivity contribution < 1.29 is 4.79 Å². The predicted octanol–water partition coefficient (Wildman–Crippen LogP) is 3.80. The fourth-order valence-electron chi connectivity index (χ4n) is 2.96. The van der Waals surface area contributed by atoms with Crippen molar-refractivity contribution in [1.29, 1.82) is 0 Å². The first kappa shape index (κ1) is 17.9. The first-order valence-corrected chi connectivity index (χ1v) is 10.1. The summed E-state index contributed by atoms with van der Waals surface area (Å²) >= 11 is 2.71. The molecule has 0 aliphatic rings. The Morgan fingerprint density at radius 1 is 1.36 bits per heavy atom. The van der Waals surface area contributed by atoms with Crippen LogP contribution in [0.15, 0.2) is 27.5 Å². The number of ketones is 1. The van der Waals surface area contributed by atoms with Crippen LogP contribution in [0.25, 0.3) is 10.2 Å². The third kappa shape index (κ3) is 3.30. The first-order valence-electron chi connectivity index (χ1n) is 8.21. The third-order valence-corrected chi connectivity index (χ3v) is 6.22. The SMILES string of the molecule is CCCn1c(C)cc(C(=O)CSc2nc3ccsc3c(=O)n2C)c1C. The van der Waals surface area contributed by atoms with E-state index in [1.165, 1.54) is 27.7 Å². The number of hydrogen-bond acceptors (Lipinski definition) is 5. The maximum atomic E-state index is 12.7. The summed E-state index contributed by atoms with van der Waals surface area (Å²) in [6, 6.07) is 3.80. The fraction of sp³-hybridized carbons (Fsp3) is 0.389. The minimum absolute atomic E-state index is 0.0592. The zero-order valence-corrected chi connectivity index (χ0v) is 16.5. The topological polar surface area (TPSA) is 56.9 Å². The number of aromatic nitrogens is 3. The number of rotatable bonds is 6. The maximum Gasteiger partial charge on any atom is 0.271 e. The third-order valence-electron chi connectivity index (χ3n) is 4.30. The second kappa shape index (κ2) is 7.17. The lowest BCUT2D eigenvalue weighted by atomic mass is 10.2. The quantitative estimate of drug-likeness (QED) is 0.374. The van der Waals surface area contributed by atoms with Gasteiger partial charge in [-0.3, -0.25) is 14.2 Å². The fourth-order valence-corrected chi connectivity index (χ4v) is 4.62. The first-order chi connectivity index (χ1) is 11.9. The van der Waals surface area contributed by atoms with E-state index in [0.29, 0.717) is 15.4 Å². The Hall–Kier alpha value is -1.86. The molecule has 5 nitrogen and oxygen atoms in total. The summed E-state index contributed by atoms with van der Waals surface area (Å²) in [5, 5.41) is 2.44. The molecule has 0 aliphatic heterocycles. The lowest BCUT2D eigenvalue weighted by Gasteiger charge is -2.08. The highest BCUT2D eigenvalue weighted by atomic mass is 32.2. The summed E-state index contributed by atoms with van der Waals surface area (Å²) in [6.45, 7) is 7.07. The van der Waals surface area contributed by atoms with Crippen LogP contribution >= 0.6 is 23.1 Å². The zero-order chi connectivity index (χ0) is 18.1. The Morgan fingerprint density at radius 3 is 2.84 bits per heavy atom. The van der Waals surface area contributed by atoms with Crippen molar-refractivity contribution >= 4 is 39.1 Å². The van der Waals surface area contributed by atoms with Crippen molar-refractivity contribution in [2.45, 2.75) is 38.9 Å². The molecule has 0 atom stereocenters. The molecule has 0 amide bonds. The smallest absolute Gasteiger partial charge is 0.271 e. The standard InChI is InChI=1S/C18H21N3O2S2/c1-5-7-21-11(2)9-13(12(21)3)15(22)10-25-18-19-14-6-8-24-16(14)17(23)20(18)4/h6,8-9H,5,7,10H2,1-4H3. The van der Waals surface area contributed by atoms with Gasteiger partial charge >= 0.3 is 0 Å². The normalized spacial score (nSPS) is 11.4. The molecule has 0 aromatic carbocycles. The van der Waals surface area contributed by atoms with Gasteiger partial charge in [0.1, 0.15) is 4.70 Å². The van der Waals surface area contributed by atoms with Crippen LogP contribution in [0.3, 0.4) is 0 Å². The van der Waals surface area contributed by atoms with Gasteiger partial charge in [-0.25, -0.2) is 4.98 Å². The van der Waals surface area contributed by atoms with E-state index < -0.39 is 0 Å². The van der Waals surface area contributed by atoms with Gasteiger partial charge in [-0.1, -0.05) is 18.7 Å². The van der Waals surface area contributed by atoms with E-state index in [9.17, 15) is 9.59 Å². The molecule has 7 heteroatoms. The van der Waals surface area contributed by atoms with Gasteiger partial charge < -0.3 is 4.57 Å². The van der Waals surface area contributed by atoms with Crippen molar-refractivity contribution in [3.8, 4) is 0 Å². The molecular formula is C18H21N3O2S2. The molecule has 0 saturated carbocycles. The van der Waals surface area contributed by atoms with E-state index in [0.717, 1.165) is 29.9 Å². The monoisotopic (exact) mass is 375 g/mol. The molecule has 3 heterocycles. The van der Waals surface area contributed by atoms with Gasteiger partial charge in [0.05, 0.1) is 11.3 Å². The molecule has 0 aliphatic carbocycles. The van der Waals surface area contributed by atoms with Crippen LogP contribution in [0.1, 0.15) is 35.1 Å². The Bertz CT molecular complexity index is 998. The highest BCUT2D eigenvalue weighted by molar-refractivity contribution is 7.99. The van der Waals surface area contributed by atoms with Crippen molar-refractivity contribution in [3.63, 3.8) is 0 Å². The minimum atomic E-state index is -0.0592. The summed E-state index contributed by atoms with van der Waals surface area (Å²) in [6.07, 6.45) is 1.03. The molecule has 132 valence electrons. The number of aryl methyl sites for hydroxylation is 1. The molecule has 25 heavy (non-hydrogen) atoms. The van der Waals surface area contributed by atoms with Crippen LogP contribution in [0, 0.1) is 13.8 Å². The van der Waals surface area contributed by atoms with Crippen LogP contribution in [0.5, 0.6) is 0 Å². The van der Waals surface area contributed by atoms with E-state index in [-0.39, 0.29) is 17.1 Å². The van der Waals surface area contributed by atoms with E-state index in [2.05, 4.69) is 16.5 Å². The molecule has 0 unspecified atom stereocenters. The van der Waals surface area contributed by atoms with Gasteiger partial charge in [-0.15, -0.1) is 11.3 Å². The van der Waals surface area contributed by atoms with Gasteiger partial charge in [0.2, 0.25) is 0 Å². The van der Waals surface area contributed by atoms with Crippen molar-refractivity contribution in [2.24, 2.45) is 7.05 Å². The average molecular weight is 376 g/mol. The highest BCUT2D eigenvalue weighted by Crippen LogP contribution is 2.23. The Labute approximate surface area is 154 Å². The van der Waals surface area contributed by atoms with Crippen molar-refractivity contribution in [3.05, 3.63) is 44.8 Å². The van der Waals surface area contributed by atoms with Crippen molar-refractivity contribution in [2.75, 3.05) is 5.75 Å². The van der Waals surface area contributed by atoms with E-state index >= 15 is 0 Å². The van der Waals surface area contributed by atoms with Crippen LogP contribution < -0.4 is 5.56 Å². The lowest BCUT2D eigenvalue weighted by molar-refractivity contribution is 0.102. The van der Waals surface area contributed by atoms with Gasteiger partial charge in [-0.2, -0.15) is 0 Å². The second-order valence-corrected chi connectivity index (χ2v) is 7.90. The largest absolute Gasteiger partial charge is 0.348 e. The second-order valence-electron chi connectivity index (χ2n) is 6.04. The number of fused-ring (bicyclic) bond motifs is 1. The lowest BCUT2D eigenvalue weighted by Crippen LogP contribution is -2.19. The van der Waals surface area contributed by atoms with Gasteiger partial charge in [0.25, 0.3) is 5.56 Å². The van der Waals surface area contributed by atoms with Crippen LogP contribution in [0.2, 0.25) is 0 Å². The molecule has 0 spiro atoms. The molecule has 0 N–H and O–H groups in total. The summed E-state index contributed by atoms with van der Waals surface area (Å²) in [7, 11) is 1.70. The number of thiophene rings is 1. The Morgan fingerprint density at radius 2 is 2.12 bits per heavy atom. The molecule has 3 aromatic heterocycles. The summed E-state index contributed by atoms with van der Waals surface area (Å²) in [5.41, 5.74) is 3.53. The number of carbonyl (C=O) groups excluding carboxylic acids is 1. The van der Waals surface area contributed by atoms with Crippen LogP contribution in [0.4, 0.5) is 0 Å². The molecular weight excluding hydrogens is 354 g/mol. The van der Waals surface area contributed by atoms with Gasteiger partial charge in [-0.05, 0) is 37.8 Å². The Balaban J connectivity index is 1.82. The zero-order valence-electron chi connectivity index (χ0n) is 14.8.